The van der Waals surface area contributed by atoms with Crippen LogP contribution in [0.2, 0.25) is 5.02 Å². The number of anilines is 1. The van der Waals surface area contributed by atoms with E-state index in [1.165, 1.54) is 25.1 Å². The molecule has 1 atom stereocenters. The number of aliphatic carboxylic acids is 1. The van der Waals surface area contributed by atoms with Crippen molar-refractivity contribution in [2.24, 2.45) is 0 Å². The molecule has 0 amide bonds. The maximum Gasteiger partial charge on any atom is 0.333 e. The molecule has 110 valence electrons. The summed E-state index contributed by atoms with van der Waals surface area (Å²) in [6.07, 6.45) is 0. The second-order valence-electron chi connectivity index (χ2n) is 4.69. The van der Waals surface area contributed by atoms with Gasteiger partial charge in [-0.15, -0.1) is 0 Å². The molecule has 0 aliphatic carbocycles. The molecule has 0 aromatic heterocycles. The molecule has 0 bridgehead atoms. The van der Waals surface area contributed by atoms with E-state index in [1.807, 2.05) is 0 Å². The average molecular weight is 373 g/mol. The second kappa shape index (κ2) is 6.03. The van der Waals surface area contributed by atoms with Crippen LogP contribution in [0, 0.1) is 5.82 Å². The number of carboxylic acids is 1. The summed E-state index contributed by atoms with van der Waals surface area (Å²) < 4.78 is 13.6. The largest absolute Gasteiger partial charge is 0.479 e. The molecule has 0 radical (unpaired) electrons. The first-order chi connectivity index (χ1) is 9.83. The molecule has 0 spiro atoms. The summed E-state index contributed by atoms with van der Waals surface area (Å²) in [5.74, 6) is -1.52. The lowest BCUT2D eigenvalue weighted by molar-refractivity contribution is -0.142. The molecule has 3 nitrogen and oxygen atoms in total. The number of carbonyl (C=O) groups is 1. The van der Waals surface area contributed by atoms with Gasteiger partial charge in [0.2, 0.25) is 0 Å². The summed E-state index contributed by atoms with van der Waals surface area (Å²) in [4.78, 5) is 11.7. The van der Waals surface area contributed by atoms with Crippen LogP contribution in [0.15, 0.2) is 46.9 Å². The molecule has 6 heteroatoms. The summed E-state index contributed by atoms with van der Waals surface area (Å²) in [6, 6.07) is 10.6. The van der Waals surface area contributed by atoms with Crippen LogP contribution < -0.4 is 5.32 Å². The van der Waals surface area contributed by atoms with Crippen molar-refractivity contribution in [3.05, 3.63) is 63.3 Å². The van der Waals surface area contributed by atoms with Crippen LogP contribution in [0.5, 0.6) is 0 Å². The van der Waals surface area contributed by atoms with Crippen LogP contribution in [-0.4, -0.2) is 11.1 Å². The van der Waals surface area contributed by atoms with Gasteiger partial charge >= 0.3 is 5.97 Å². The van der Waals surface area contributed by atoms with Crippen molar-refractivity contribution in [2.45, 2.75) is 12.5 Å². The third kappa shape index (κ3) is 3.36. The Balaban J connectivity index is 2.45. The second-order valence-corrected chi connectivity index (χ2v) is 5.98. The normalized spacial score (nSPS) is 13.5. The van der Waals surface area contributed by atoms with Crippen molar-refractivity contribution in [3.8, 4) is 0 Å². The molecule has 2 aromatic rings. The van der Waals surface area contributed by atoms with E-state index in [0.717, 1.165) is 0 Å². The van der Waals surface area contributed by atoms with Crippen molar-refractivity contribution in [2.75, 3.05) is 5.32 Å². The Morgan fingerprint density at radius 1 is 1.29 bits per heavy atom. The van der Waals surface area contributed by atoms with Crippen LogP contribution in [0.3, 0.4) is 0 Å². The Hall–Kier alpha value is -1.59. The molecule has 1 unspecified atom stereocenters. The molecule has 0 heterocycles. The monoisotopic (exact) mass is 371 g/mol. The van der Waals surface area contributed by atoms with Gasteiger partial charge in [0.05, 0.1) is 0 Å². The minimum absolute atomic E-state index is 0.383. The number of hydrogen-bond acceptors (Lipinski definition) is 2. The maximum absolute atomic E-state index is 13.2. The first kappa shape index (κ1) is 15.8. The van der Waals surface area contributed by atoms with Gasteiger partial charge in [0, 0.05) is 20.7 Å². The van der Waals surface area contributed by atoms with Gasteiger partial charge in [-0.2, -0.15) is 0 Å². The molecule has 0 fully saturated rings. The van der Waals surface area contributed by atoms with Crippen LogP contribution >= 0.6 is 27.5 Å². The number of hydrogen-bond donors (Lipinski definition) is 2. The first-order valence-electron chi connectivity index (χ1n) is 6.05. The number of rotatable bonds is 4. The van der Waals surface area contributed by atoms with E-state index in [2.05, 4.69) is 21.2 Å². The predicted octanol–water partition coefficient (Wildman–Crippen LogP) is 4.65. The molecular formula is C15H12BrClFNO2. The highest BCUT2D eigenvalue weighted by Gasteiger charge is 2.37. The smallest absolute Gasteiger partial charge is 0.333 e. The minimum atomic E-state index is -1.42. The van der Waals surface area contributed by atoms with E-state index < -0.39 is 17.3 Å². The molecule has 21 heavy (non-hydrogen) atoms. The maximum atomic E-state index is 13.2. The molecule has 0 aliphatic rings. The Morgan fingerprint density at radius 2 is 1.90 bits per heavy atom. The quantitative estimate of drug-likeness (QED) is 0.821. The zero-order chi connectivity index (χ0) is 15.6. The minimum Gasteiger partial charge on any atom is -0.479 e. The van der Waals surface area contributed by atoms with Gasteiger partial charge in [-0.05, 0) is 43.3 Å². The van der Waals surface area contributed by atoms with E-state index in [1.54, 1.807) is 24.3 Å². The third-order valence-corrected chi connectivity index (χ3v) is 4.04. The lowest BCUT2D eigenvalue weighted by atomic mass is 9.91. The van der Waals surface area contributed by atoms with Crippen molar-refractivity contribution in [1.82, 2.24) is 0 Å². The van der Waals surface area contributed by atoms with Crippen molar-refractivity contribution < 1.29 is 14.3 Å². The Morgan fingerprint density at radius 3 is 2.43 bits per heavy atom. The van der Waals surface area contributed by atoms with E-state index in [0.29, 0.717) is 20.7 Å². The van der Waals surface area contributed by atoms with Crippen LogP contribution in [-0.2, 0) is 10.3 Å². The van der Waals surface area contributed by atoms with E-state index >= 15 is 0 Å². The Kier molecular flexibility index (Phi) is 4.54. The van der Waals surface area contributed by atoms with Gasteiger partial charge in [-0.3, -0.25) is 0 Å². The van der Waals surface area contributed by atoms with Crippen LogP contribution in [0.25, 0.3) is 0 Å². The molecule has 0 aliphatic heterocycles. The third-order valence-electron chi connectivity index (χ3n) is 3.14. The predicted molar refractivity (Wildman–Crippen MR) is 84.2 cm³/mol. The molecule has 2 aromatic carbocycles. The fourth-order valence-corrected chi connectivity index (χ4v) is 2.83. The highest BCUT2D eigenvalue weighted by molar-refractivity contribution is 9.10. The molecule has 0 saturated heterocycles. The topological polar surface area (TPSA) is 49.3 Å². The van der Waals surface area contributed by atoms with Crippen molar-refractivity contribution >= 4 is 39.2 Å². The Bertz CT molecular complexity index is 678. The van der Waals surface area contributed by atoms with E-state index in [4.69, 9.17) is 11.6 Å². The van der Waals surface area contributed by atoms with Gasteiger partial charge in [-0.25, -0.2) is 9.18 Å². The van der Waals surface area contributed by atoms with Gasteiger partial charge in [0.1, 0.15) is 5.82 Å². The van der Waals surface area contributed by atoms with E-state index in [-0.39, 0.29) is 0 Å². The molecule has 2 N–H and O–H groups in total. The van der Waals surface area contributed by atoms with Crippen LogP contribution in [0.1, 0.15) is 12.5 Å². The Labute approximate surface area is 134 Å². The summed E-state index contributed by atoms with van der Waals surface area (Å²) in [6.45, 7) is 1.52. The first-order valence-corrected chi connectivity index (χ1v) is 7.23. The lowest BCUT2D eigenvalue weighted by Gasteiger charge is -2.29. The van der Waals surface area contributed by atoms with Crippen molar-refractivity contribution in [1.29, 1.82) is 0 Å². The van der Waals surface area contributed by atoms with E-state index in [9.17, 15) is 14.3 Å². The highest BCUT2D eigenvalue weighted by Crippen LogP contribution is 2.33. The summed E-state index contributed by atoms with van der Waals surface area (Å²) >= 11 is 9.02. The fourth-order valence-electron chi connectivity index (χ4n) is 1.95. The summed E-state index contributed by atoms with van der Waals surface area (Å²) in [5.41, 5.74) is -0.396. The lowest BCUT2D eigenvalue weighted by Crippen LogP contribution is -2.40. The van der Waals surface area contributed by atoms with Crippen molar-refractivity contribution in [3.63, 3.8) is 0 Å². The van der Waals surface area contributed by atoms with Gasteiger partial charge in [0.25, 0.3) is 0 Å². The SMILES string of the molecule is CC(Nc1ccc(Cl)cc1)(C(=O)O)c1ccc(F)cc1Br. The van der Waals surface area contributed by atoms with Gasteiger partial charge in [-0.1, -0.05) is 33.6 Å². The summed E-state index contributed by atoms with van der Waals surface area (Å²) in [5, 5.41) is 13.1. The molecule has 0 saturated carbocycles. The highest BCUT2D eigenvalue weighted by atomic mass is 79.9. The molecule has 2 rings (SSSR count). The van der Waals surface area contributed by atoms with Gasteiger partial charge < -0.3 is 10.4 Å². The standard InChI is InChI=1S/C15H12BrClFNO2/c1-15(14(20)21,12-7-4-10(18)8-13(12)16)19-11-5-2-9(17)3-6-11/h2-8,19H,1H3,(H,20,21). The number of nitrogens with one attached hydrogen (secondary N) is 1. The summed E-state index contributed by atoms with van der Waals surface area (Å²) in [7, 11) is 0. The number of benzene rings is 2. The number of carboxylic acid groups (broad SMARTS) is 1. The molecular weight excluding hydrogens is 361 g/mol. The average Bonchev–Trinajstić information content (AvgIpc) is 2.41. The fraction of sp³-hybridized carbons (Fsp3) is 0.133. The van der Waals surface area contributed by atoms with Gasteiger partial charge in [0.15, 0.2) is 5.54 Å². The van der Waals surface area contributed by atoms with Crippen LogP contribution in [0.4, 0.5) is 10.1 Å². The zero-order valence-electron chi connectivity index (χ0n) is 11.0. The number of halogens is 3. The zero-order valence-corrected chi connectivity index (χ0v) is 13.4.